The second-order valence-electron chi connectivity index (χ2n) is 5.55. The van der Waals surface area contributed by atoms with Gasteiger partial charge >= 0.3 is 0 Å². The molecule has 5 heteroatoms. The fraction of sp³-hybridized carbons (Fsp3) is 0.294. The first-order chi connectivity index (χ1) is 10.6. The van der Waals surface area contributed by atoms with E-state index in [9.17, 15) is 8.42 Å². The molecule has 0 saturated carbocycles. The van der Waals surface area contributed by atoms with Crippen molar-refractivity contribution >= 4 is 10.1 Å². The summed E-state index contributed by atoms with van der Waals surface area (Å²) in [5.41, 5.74) is 1.67. The summed E-state index contributed by atoms with van der Waals surface area (Å²) in [6.07, 6.45) is -0.597. The molecular weight excluding hydrogens is 298 g/mol. The van der Waals surface area contributed by atoms with Crippen molar-refractivity contribution in [3.05, 3.63) is 71.8 Å². The van der Waals surface area contributed by atoms with Gasteiger partial charge in [0, 0.05) is 19.0 Å². The Labute approximate surface area is 131 Å². The van der Waals surface area contributed by atoms with E-state index in [1.807, 2.05) is 60.7 Å². The molecule has 3 rings (SSSR count). The summed E-state index contributed by atoms with van der Waals surface area (Å²) >= 11 is 0. The van der Waals surface area contributed by atoms with Gasteiger partial charge in [-0.3, -0.25) is 4.18 Å². The maximum absolute atomic E-state index is 12.3. The standard InChI is InChI=1S/C17H19NO3S/c19-22(20,13-14-11-18-12-14)21-17(15-7-3-1-4-8-15)16-9-5-2-6-10-16/h1-10,14,17-18H,11-13H2. The minimum Gasteiger partial charge on any atom is -0.316 e. The van der Waals surface area contributed by atoms with Gasteiger partial charge in [0.15, 0.2) is 0 Å². The highest BCUT2D eigenvalue weighted by atomic mass is 32.2. The molecule has 116 valence electrons. The summed E-state index contributed by atoms with van der Waals surface area (Å²) in [6.45, 7) is 1.48. The zero-order chi connectivity index (χ0) is 15.4. The normalized spacial score (nSPS) is 15.7. The van der Waals surface area contributed by atoms with Gasteiger partial charge in [-0.15, -0.1) is 0 Å². The van der Waals surface area contributed by atoms with Crippen LogP contribution in [0.4, 0.5) is 0 Å². The number of hydrogen-bond donors (Lipinski definition) is 1. The second kappa shape index (κ2) is 6.60. The summed E-state index contributed by atoms with van der Waals surface area (Å²) in [4.78, 5) is 0. The number of benzene rings is 2. The molecule has 0 amide bonds. The Kier molecular flexibility index (Phi) is 4.57. The minimum atomic E-state index is -3.58. The maximum Gasteiger partial charge on any atom is 0.268 e. The molecule has 22 heavy (non-hydrogen) atoms. The zero-order valence-electron chi connectivity index (χ0n) is 12.2. The molecule has 4 nitrogen and oxygen atoms in total. The van der Waals surface area contributed by atoms with Crippen LogP contribution < -0.4 is 5.32 Å². The van der Waals surface area contributed by atoms with Crippen LogP contribution in [0.1, 0.15) is 17.2 Å². The minimum absolute atomic E-state index is 0.0656. The van der Waals surface area contributed by atoms with Gasteiger partial charge in [-0.05, 0) is 11.1 Å². The molecule has 2 aromatic rings. The predicted octanol–water partition coefficient (Wildman–Crippen LogP) is 2.34. The van der Waals surface area contributed by atoms with Crippen LogP contribution in [0.2, 0.25) is 0 Å². The summed E-state index contributed by atoms with van der Waals surface area (Å²) in [7, 11) is -3.58. The van der Waals surface area contributed by atoms with E-state index in [0.717, 1.165) is 24.2 Å². The van der Waals surface area contributed by atoms with Gasteiger partial charge in [0.05, 0.1) is 5.75 Å². The van der Waals surface area contributed by atoms with E-state index < -0.39 is 16.2 Å². The molecule has 1 saturated heterocycles. The van der Waals surface area contributed by atoms with Crippen LogP contribution in [-0.4, -0.2) is 27.3 Å². The Hall–Kier alpha value is -1.69. The molecule has 1 aliphatic rings. The van der Waals surface area contributed by atoms with Crippen LogP contribution in [0.15, 0.2) is 60.7 Å². The monoisotopic (exact) mass is 317 g/mol. The van der Waals surface area contributed by atoms with Crippen molar-refractivity contribution in [2.45, 2.75) is 6.10 Å². The summed E-state index contributed by atoms with van der Waals surface area (Å²) in [5, 5.41) is 3.08. The van der Waals surface area contributed by atoms with E-state index in [1.165, 1.54) is 0 Å². The lowest BCUT2D eigenvalue weighted by Gasteiger charge is -2.27. The average molecular weight is 317 g/mol. The van der Waals surface area contributed by atoms with Gasteiger partial charge in [-0.25, -0.2) is 0 Å². The van der Waals surface area contributed by atoms with Crippen LogP contribution in [0.25, 0.3) is 0 Å². The lowest BCUT2D eigenvalue weighted by atomic mass is 10.0. The van der Waals surface area contributed by atoms with E-state index in [0.29, 0.717) is 0 Å². The van der Waals surface area contributed by atoms with Crippen molar-refractivity contribution in [1.29, 1.82) is 0 Å². The van der Waals surface area contributed by atoms with E-state index in [1.54, 1.807) is 0 Å². The third-order valence-electron chi connectivity index (χ3n) is 3.75. The van der Waals surface area contributed by atoms with Gasteiger partial charge in [-0.1, -0.05) is 60.7 Å². The molecule has 0 spiro atoms. The van der Waals surface area contributed by atoms with Crippen molar-refractivity contribution < 1.29 is 12.6 Å². The van der Waals surface area contributed by atoms with Crippen molar-refractivity contribution in [1.82, 2.24) is 5.32 Å². The summed E-state index contributed by atoms with van der Waals surface area (Å²) < 4.78 is 30.2. The van der Waals surface area contributed by atoms with Crippen molar-refractivity contribution in [2.24, 2.45) is 5.92 Å². The van der Waals surface area contributed by atoms with E-state index in [4.69, 9.17) is 4.18 Å². The summed E-state index contributed by atoms with van der Waals surface area (Å²) in [6, 6.07) is 18.9. The molecule has 0 atom stereocenters. The lowest BCUT2D eigenvalue weighted by molar-refractivity contribution is 0.246. The van der Waals surface area contributed by atoms with Crippen LogP contribution in [0, 0.1) is 5.92 Å². The van der Waals surface area contributed by atoms with Crippen LogP contribution in [0.3, 0.4) is 0 Å². The predicted molar refractivity (Wildman–Crippen MR) is 86.0 cm³/mol. The van der Waals surface area contributed by atoms with Gasteiger partial charge in [0.25, 0.3) is 10.1 Å². The topological polar surface area (TPSA) is 55.4 Å². The van der Waals surface area contributed by atoms with Gasteiger partial charge in [-0.2, -0.15) is 8.42 Å². The van der Waals surface area contributed by atoms with Crippen molar-refractivity contribution in [3.63, 3.8) is 0 Å². The third-order valence-corrected chi connectivity index (χ3v) is 5.12. The van der Waals surface area contributed by atoms with Crippen LogP contribution >= 0.6 is 0 Å². The SMILES string of the molecule is O=S(=O)(CC1CNC1)OC(c1ccccc1)c1ccccc1. The highest BCUT2D eigenvalue weighted by molar-refractivity contribution is 7.86. The molecular formula is C17H19NO3S. The lowest BCUT2D eigenvalue weighted by Crippen LogP contribution is -2.45. The molecule has 0 aromatic heterocycles. The number of rotatable bonds is 6. The third kappa shape index (κ3) is 3.74. The number of nitrogens with one attached hydrogen (secondary N) is 1. The first kappa shape index (κ1) is 15.2. The molecule has 0 radical (unpaired) electrons. The molecule has 1 N–H and O–H groups in total. The second-order valence-corrected chi connectivity index (χ2v) is 7.19. The van der Waals surface area contributed by atoms with E-state index in [2.05, 4.69) is 5.32 Å². The molecule has 0 unspecified atom stereocenters. The van der Waals surface area contributed by atoms with Gasteiger partial charge in [0.1, 0.15) is 6.10 Å². The first-order valence-electron chi connectivity index (χ1n) is 7.35. The Balaban J connectivity index is 1.86. The Morgan fingerprint density at radius 3 is 1.86 bits per heavy atom. The Bertz CT molecular complexity index is 658. The molecule has 1 heterocycles. The van der Waals surface area contributed by atoms with Gasteiger partial charge in [0.2, 0.25) is 0 Å². The van der Waals surface area contributed by atoms with E-state index in [-0.39, 0.29) is 11.7 Å². The molecule has 1 fully saturated rings. The quantitative estimate of drug-likeness (QED) is 0.831. The zero-order valence-corrected chi connectivity index (χ0v) is 13.0. The largest absolute Gasteiger partial charge is 0.316 e. The Morgan fingerprint density at radius 1 is 0.955 bits per heavy atom. The van der Waals surface area contributed by atoms with Crippen molar-refractivity contribution in [3.8, 4) is 0 Å². The summed E-state index contributed by atoms with van der Waals surface area (Å²) in [5.74, 6) is 0.216. The first-order valence-corrected chi connectivity index (χ1v) is 8.93. The highest BCUT2D eigenvalue weighted by Gasteiger charge is 2.28. The fourth-order valence-corrected chi connectivity index (χ4v) is 3.91. The highest BCUT2D eigenvalue weighted by Crippen LogP contribution is 2.28. The van der Waals surface area contributed by atoms with Crippen LogP contribution in [0.5, 0.6) is 0 Å². The number of hydrogen-bond acceptors (Lipinski definition) is 4. The molecule has 0 bridgehead atoms. The Morgan fingerprint density at radius 2 is 1.45 bits per heavy atom. The molecule has 2 aromatic carbocycles. The maximum atomic E-state index is 12.3. The van der Waals surface area contributed by atoms with Crippen molar-refractivity contribution in [2.75, 3.05) is 18.8 Å². The fourth-order valence-electron chi connectivity index (χ4n) is 2.50. The van der Waals surface area contributed by atoms with Crippen LogP contribution in [-0.2, 0) is 14.3 Å². The smallest absolute Gasteiger partial charge is 0.268 e. The molecule has 0 aliphatic carbocycles. The average Bonchev–Trinajstić information content (AvgIpc) is 2.51. The van der Waals surface area contributed by atoms with Gasteiger partial charge < -0.3 is 5.32 Å². The van der Waals surface area contributed by atoms with E-state index >= 15 is 0 Å². The molecule has 1 aliphatic heterocycles.